The molecule has 2 heterocycles. The molecule has 2 aromatic carbocycles. The quantitative estimate of drug-likeness (QED) is 0.213. The van der Waals surface area contributed by atoms with Crippen molar-refractivity contribution in [3.8, 4) is 0 Å². The molecule has 1 aliphatic heterocycles. The van der Waals surface area contributed by atoms with Crippen LogP contribution < -0.4 is 16.4 Å². The largest absolute Gasteiger partial charge is 0.391 e. The average molecular weight is 670 g/mol. The van der Waals surface area contributed by atoms with Crippen molar-refractivity contribution in [1.29, 1.82) is 0 Å². The number of nitrogens with zero attached hydrogens (tertiary/aromatic N) is 2. The highest BCUT2D eigenvalue weighted by Gasteiger charge is 2.42. The summed E-state index contributed by atoms with van der Waals surface area (Å²) in [6.07, 6.45) is 4.29. The number of carbonyl (C=O) groups excluding carboxylic acids is 4. The van der Waals surface area contributed by atoms with Gasteiger partial charge in [-0.25, -0.2) is 4.98 Å². The van der Waals surface area contributed by atoms with Gasteiger partial charge in [0.25, 0.3) is 5.91 Å². The fourth-order valence-electron chi connectivity index (χ4n) is 7.55. The highest BCUT2D eigenvalue weighted by atomic mass is 16.3. The number of ketones is 1. The second-order valence-corrected chi connectivity index (χ2v) is 15.0. The summed E-state index contributed by atoms with van der Waals surface area (Å²) in [6.45, 7) is 6.85. The average Bonchev–Trinajstić information content (AvgIpc) is 3.06. The highest BCUT2D eigenvalue weighted by Crippen LogP contribution is 2.39. The number of aliphatic hydroxyl groups excluding tert-OH is 1. The van der Waals surface area contributed by atoms with Crippen molar-refractivity contribution in [1.82, 2.24) is 20.5 Å². The number of Topliss-reactive ketones (excluding diaryl/α,β-unsaturated/α-hetero) is 1. The van der Waals surface area contributed by atoms with Crippen LogP contribution in [0.1, 0.15) is 81.8 Å². The number of fused-ring (bicyclic) bond motifs is 2. The van der Waals surface area contributed by atoms with E-state index in [0.29, 0.717) is 23.8 Å². The van der Waals surface area contributed by atoms with Gasteiger partial charge in [0.15, 0.2) is 5.78 Å². The smallest absolute Gasteiger partial charge is 0.270 e. The van der Waals surface area contributed by atoms with E-state index in [4.69, 9.17) is 5.73 Å². The summed E-state index contributed by atoms with van der Waals surface area (Å²) in [4.78, 5) is 59.5. The Balaban J connectivity index is 1.35. The molecule has 0 spiro atoms. The number of piperidine rings is 1. The fourth-order valence-corrected chi connectivity index (χ4v) is 7.55. The first-order valence-electron chi connectivity index (χ1n) is 17.6. The van der Waals surface area contributed by atoms with Crippen molar-refractivity contribution >= 4 is 34.4 Å². The van der Waals surface area contributed by atoms with E-state index in [9.17, 15) is 24.3 Å². The molecular formula is C39H51N5O5. The van der Waals surface area contributed by atoms with Gasteiger partial charge < -0.3 is 21.5 Å². The molecule has 10 heteroatoms. The van der Waals surface area contributed by atoms with Gasteiger partial charge in [-0.2, -0.15) is 0 Å². The Morgan fingerprint density at radius 1 is 0.939 bits per heavy atom. The molecule has 2 fully saturated rings. The molecule has 1 saturated carbocycles. The lowest BCUT2D eigenvalue weighted by molar-refractivity contribution is -0.133. The molecule has 3 unspecified atom stereocenters. The van der Waals surface area contributed by atoms with E-state index in [1.165, 1.54) is 12.8 Å². The molecule has 3 amide bonds. The third kappa shape index (κ3) is 9.95. The first-order valence-corrected chi connectivity index (χ1v) is 17.6. The van der Waals surface area contributed by atoms with Gasteiger partial charge in [0.1, 0.15) is 5.69 Å². The number of primary amides is 1. The van der Waals surface area contributed by atoms with Gasteiger partial charge in [0.2, 0.25) is 11.8 Å². The maximum absolute atomic E-state index is 13.9. The van der Waals surface area contributed by atoms with E-state index >= 15 is 0 Å². The standard InChI is InChI=1S/C39H51N5O5/c1-39(2,3)43-38(49)33-20-27-14-7-8-15-28(27)23-44(33)24-35(46)29(19-25-11-5-4-6-12-25)21-34(45)32(22-36(40)47)42-37(48)31-18-17-26-13-9-10-16-30(26)41-31/h4-6,9-13,16-18,27-29,32-33,35,46H,7-8,14-15,19-24H2,1-3H3,(H2,40,47)(H,42,48)(H,43,49)/t27?,28?,29-,32+,33?,35-/m1/s1. The molecule has 0 bridgehead atoms. The molecule has 2 aliphatic rings. The summed E-state index contributed by atoms with van der Waals surface area (Å²) >= 11 is 0. The van der Waals surface area contributed by atoms with E-state index in [1.807, 2.05) is 69.3 Å². The number of pyridine rings is 1. The topological polar surface area (TPSA) is 155 Å². The molecular weight excluding hydrogens is 618 g/mol. The number of para-hydroxylation sites is 1. The predicted octanol–water partition coefficient (Wildman–Crippen LogP) is 4.18. The van der Waals surface area contributed by atoms with Crippen LogP contribution in [-0.2, 0) is 20.8 Å². The van der Waals surface area contributed by atoms with Crippen LogP contribution in [-0.4, -0.2) is 75.3 Å². The van der Waals surface area contributed by atoms with Gasteiger partial charge in [0, 0.05) is 30.4 Å². The van der Waals surface area contributed by atoms with Gasteiger partial charge in [-0.1, -0.05) is 73.9 Å². The monoisotopic (exact) mass is 669 g/mol. The van der Waals surface area contributed by atoms with Crippen molar-refractivity contribution in [2.45, 2.75) is 95.9 Å². The van der Waals surface area contributed by atoms with Crippen LogP contribution in [0.5, 0.6) is 0 Å². The first kappa shape index (κ1) is 36.1. The maximum atomic E-state index is 13.9. The number of nitrogens with two attached hydrogens (primary N) is 1. The molecule has 262 valence electrons. The zero-order valence-corrected chi connectivity index (χ0v) is 28.9. The number of amides is 3. The predicted molar refractivity (Wildman–Crippen MR) is 189 cm³/mol. The fraction of sp³-hybridized carbons (Fsp3) is 0.513. The van der Waals surface area contributed by atoms with Gasteiger partial charge in [0.05, 0.1) is 30.1 Å². The Labute approximate surface area is 289 Å². The zero-order valence-electron chi connectivity index (χ0n) is 28.9. The number of benzene rings is 2. The number of aromatic nitrogens is 1. The minimum atomic E-state index is -1.19. The van der Waals surface area contributed by atoms with Crippen molar-refractivity contribution in [2.24, 2.45) is 23.5 Å². The molecule has 6 atom stereocenters. The Morgan fingerprint density at radius 2 is 1.63 bits per heavy atom. The second kappa shape index (κ2) is 16.0. The number of nitrogens with one attached hydrogen (secondary N) is 2. The Bertz CT molecular complexity index is 1620. The van der Waals surface area contributed by atoms with Crippen LogP contribution in [0.15, 0.2) is 66.7 Å². The highest BCUT2D eigenvalue weighted by molar-refractivity contribution is 5.99. The molecule has 3 aromatic rings. The Morgan fingerprint density at radius 3 is 2.35 bits per heavy atom. The molecule has 1 aliphatic carbocycles. The molecule has 5 rings (SSSR count). The summed E-state index contributed by atoms with van der Waals surface area (Å²) in [6, 6.07) is 18.8. The van der Waals surface area contributed by atoms with Crippen molar-refractivity contribution in [2.75, 3.05) is 13.1 Å². The minimum Gasteiger partial charge on any atom is -0.391 e. The Kier molecular flexibility index (Phi) is 11.8. The molecule has 49 heavy (non-hydrogen) atoms. The normalized spacial score (nSPS) is 21.6. The van der Waals surface area contributed by atoms with E-state index in [-0.39, 0.29) is 37.0 Å². The number of β-amino-alcohol motifs (C(OH)–C–C–N with tert-alkyl or cyclic N) is 1. The van der Waals surface area contributed by atoms with Crippen LogP contribution in [0.4, 0.5) is 0 Å². The number of carbonyl (C=O) groups is 4. The lowest BCUT2D eigenvalue weighted by atomic mass is 9.72. The number of hydrogen-bond donors (Lipinski definition) is 4. The summed E-state index contributed by atoms with van der Waals surface area (Å²) in [5.41, 5.74) is 6.85. The van der Waals surface area contributed by atoms with Gasteiger partial charge >= 0.3 is 0 Å². The van der Waals surface area contributed by atoms with Gasteiger partial charge in [-0.3, -0.25) is 24.1 Å². The van der Waals surface area contributed by atoms with Crippen LogP contribution in [0.3, 0.4) is 0 Å². The van der Waals surface area contributed by atoms with Crippen LogP contribution in [0, 0.1) is 17.8 Å². The van der Waals surface area contributed by atoms with E-state index in [0.717, 1.165) is 36.8 Å². The van der Waals surface area contributed by atoms with Crippen LogP contribution in [0.25, 0.3) is 10.9 Å². The van der Waals surface area contributed by atoms with Gasteiger partial charge in [-0.05, 0) is 75.5 Å². The summed E-state index contributed by atoms with van der Waals surface area (Å²) in [7, 11) is 0. The van der Waals surface area contributed by atoms with E-state index in [2.05, 4.69) is 20.5 Å². The SMILES string of the molecule is CC(C)(C)NC(=O)C1CC2CCCCC2CN1C[C@@H](O)[C@@H](CC(=O)[C@H](CC(N)=O)NC(=O)c1ccc2ccccc2n1)Cc1ccccc1. The Hall–Kier alpha value is -4.15. The van der Waals surface area contributed by atoms with Crippen LogP contribution in [0.2, 0.25) is 0 Å². The second-order valence-electron chi connectivity index (χ2n) is 15.0. The molecule has 10 nitrogen and oxygen atoms in total. The molecule has 1 aromatic heterocycles. The summed E-state index contributed by atoms with van der Waals surface area (Å²) < 4.78 is 0. The molecule has 1 saturated heterocycles. The lowest BCUT2D eigenvalue weighted by Gasteiger charge is -2.47. The minimum absolute atomic E-state index is 0.0362. The van der Waals surface area contributed by atoms with Crippen molar-refractivity contribution in [3.63, 3.8) is 0 Å². The molecule has 5 N–H and O–H groups in total. The van der Waals surface area contributed by atoms with Crippen LogP contribution >= 0.6 is 0 Å². The van der Waals surface area contributed by atoms with E-state index in [1.54, 1.807) is 18.2 Å². The third-order valence-electron chi connectivity index (χ3n) is 10.0. The number of rotatable bonds is 13. The summed E-state index contributed by atoms with van der Waals surface area (Å²) in [5.74, 6) is -1.35. The zero-order chi connectivity index (χ0) is 35.1. The third-order valence-corrected chi connectivity index (χ3v) is 10.0. The first-order chi connectivity index (χ1) is 23.4. The van der Waals surface area contributed by atoms with Crippen molar-refractivity contribution < 1.29 is 24.3 Å². The number of hydrogen-bond acceptors (Lipinski definition) is 7. The number of aliphatic hydroxyl groups is 1. The number of likely N-dealkylation sites (tertiary alicyclic amines) is 1. The maximum Gasteiger partial charge on any atom is 0.270 e. The van der Waals surface area contributed by atoms with Gasteiger partial charge in [-0.15, -0.1) is 0 Å². The van der Waals surface area contributed by atoms with E-state index < -0.39 is 41.2 Å². The lowest BCUT2D eigenvalue weighted by Crippen LogP contribution is -2.59. The van der Waals surface area contributed by atoms with Crippen molar-refractivity contribution in [3.05, 3.63) is 78.0 Å². The molecule has 0 radical (unpaired) electrons. The summed E-state index contributed by atoms with van der Waals surface area (Å²) in [5, 5.41) is 18.6.